The van der Waals surface area contributed by atoms with E-state index >= 15 is 4.39 Å². The zero-order chi connectivity index (χ0) is 22.9. The Labute approximate surface area is 194 Å². The van der Waals surface area contributed by atoms with E-state index in [-0.39, 0.29) is 5.82 Å². The minimum atomic E-state index is -0.431. The van der Waals surface area contributed by atoms with Crippen LogP contribution in [0.5, 0.6) is 0 Å². The van der Waals surface area contributed by atoms with Gasteiger partial charge in [0.1, 0.15) is 5.82 Å². The molecule has 2 aliphatic heterocycles. The van der Waals surface area contributed by atoms with Gasteiger partial charge in [-0.15, -0.1) is 0 Å². The summed E-state index contributed by atoms with van der Waals surface area (Å²) in [7, 11) is 0. The summed E-state index contributed by atoms with van der Waals surface area (Å²) in [5.74, 6) is -0.704. The fraction of sp³-hybridized carbons (Fsp3) is 0.250. The van der Waals surface area contributed by atoms with Crippen LogP contribution < -0.4 is 10.2 Å². The molecule has 0 saturated carbocycles. The van der Waals surface area contributed by atoms with Crippen molar-refractivity contribution in [3.05, 3.63) is 59.1 Å². The van der Waals surface area contributed by atoms with Gasteiger partial charge in [-0.05, 0) is 54.2 Å². The zero-order valence-electron chi connectivity index (χ0n) is 18.0. The maximum absolute atomic E-state index is 15.1. The van der Waals surface area contributed by atoms with Crippen LogP contribution in [0.25, 0.3) is 28.1 Å². The molecule has 0 atom stereocenters. The standard InChI is InChI=1S/C24H22FN5O2S/c1-2-29-7-9-30(10-8-29)20-6-4-15(11-19(20)25)18-14-26-13-16-3-5-17(27-22(16)18)12-21-23(31)28-24(32)33-21/h3-6,11-14H,2,7-10H2,1H3,(H,28,31,32)/b21-12-. The molecule has 0 aliphatic carbocycles. The Morgan fingerprint density at radius 2 is 1.94 bits per heavy atom. The number of benzene rings is 1. The molecule has 168 valence electrons. The molecule has 1 aromatic carbocycles. The van der Waals surface area contributed by atoms with Crippen LogP contribution in [0, 0.1) is 5.82 Å². The highest BCUT2D eigenvalue weighted by Crippen LogP contribution is 2.32. The number of imide groups is 1. The second-order valence-corrected chi connectivity index (χ2v) is 8.95. The van der Waals surface area contributed by atoms with Crippen molar-refractivity contribution in [3.8, 4) is 11.1 Å². The molecule has 3 aromatic rings. The van der Waals surface area contributed by atoms with E-state index in [1.165, 1.54) is 6.07 Å². The summed E-state index contributed by atoms with van der Waals surface area (Å²) in [5.41, 5.74) is 3.18. The van der Waals surface area contributed by atoms with Gasteiger partial charge in [-0.25, -0.2) is 9.37 Å². The summed E-state index contributed by atoms with van der Waals surface area (Å²) >= 11 is 0.845. The smallest absolute Gasteiger partial charge is 0.290 e. The molecule has 7 nitrogen and oxygen atoms in total. The van der Waals surface area contributed by atoms with E-state index in [9.17, 15) is 9.59 Å². The Bertz CT molecular complexity index is 1290. The molecule has 2 saturated heterocycles. The molecular weight excluding hydrogens is 441 g/mol. The molecule has 0 bridgehead atoms. The van der Waals surface area contributed by atoms with Crippen molar-refractivity contribution in [1.82, 2.24) is 20.2 Å². The Morgan fingerprint density at radius 1 is 1.12 bits per heavy atom. The summed E-state index contributed by atoms with van der Waals surface area (Å²) in [6.07, 6.45) is 4.94. The maximum Gasteiger partial charge on any atom is 0.290 e. The first-order chi connectivity index (χ1) is 16.0. The lowest BCUT2D eigenvalue weighted by atomic mass is 10.0. The first-order valence-electron chi connectivity index (χ1n) is 10.8. The van der Waals surface area contributed by atoms with Crippen LogP contribution in [-0.2, 0) is 4.79 Å². The first-order valence-corrected chi connectivity index (χ1v) is 11.6. The average molecular weight is 464 g/mol. The van der Waals surface area contributed by atoms with E-state index in [1.807, 2.05) is 18.2 Å². The number of nitrogens with zero attached hydrogens (tertiary/aromatic N) is 4. The quantitative estimate of drug-likeness (QED) is 0.588. The number of anilines is 1. The van der Waals surface area contributed by atoms with Crippen LogP contribution in [0.4, 0.5) is 14.9 Å². The molecule has 2 aliphatic rings. The minimum absolute atomic E-state index is 0.273. The summed E-state index contributed by atoms with van der Waals surface area (Å²) < 4.78 is 15.1. The summed E-state index contributed by atoms with van der Waals surface area (Å²) in [4.78, 5) is 37.0. The molecule has 9 heteroatoms. The highest BCUT2D eigenvalue weighted by atomic mass is 32.2. The molecule has 2 aromatic heterocycles. The maximum atomic E-state index is 15.1. The Balaban J connectivity index is 1.48. The number of carbonyl (C=O) groups is 2. The van der Waals surface area contributed by atoms with Gasteiger partial charge in [0.15, 0.2) is 0 Å². The van der Waals surface area contributed by atoms with Gasteiger partial charge in [-0.3, -0.25) is 19.9 Å². The van der Waals surface area contributed by atoms with Crippen LogP contribution in [0.2, 0.25) is 0 Å². The lowest BCUT2D eigenvalue weighted by Gasteiger charge is -2.35. The number of aromatic nitrogens is 2. The van der Waals surface area contributed by atoms with E-state index in [4.69, 9.17) is 0 Å². The number of carbonyl (C=O) groups excluding carboxylic acids is 2. The Kier molecular flexibility index (Phi) is 5.82. The second-order valence-electron chi connectivity index (χ2n) is 7.93. The highest BCUT2D eigenvalue weighted by Gasteiger charge is 2.25. The lowest BCUT2D eigenvalue weighted by molar-refractivity contribution is -0.115. The molecule has 0 radical (unpaired) electrons. The topological polar surface area (TPSA) is 78.4 Å². The highest BCUT2D eigenvalue weighted by molar-refractivity contribution is 8.18. The third kappa shape index (κ3) is 4.34. The van der Waals surface area contributed by atoms with Crippen LogP contribution in [0.15, 0.2) is 47.6 Å². The van der Waals surface area contributed by atoms with Crippen molar-refractivity contribution in [3.63, 3.8) is 0 Å². The number of piperazine rings is 1. The van der Waals surface area contributed by atoms with Gasteiger partial charge in [0, 0.05) is 49.5 Å². The van der Waals surface area contributed by atoms with Crippen LogP contribution in [-0.4, -0.2) is 58.7 Å². The molecule has 2 amide bonds. The van der Waals surface area contributed by atoms with E-state index in [2.05, 4.69) is 32.0 Å². The molecule has 0 unspecified atom stereocenters. The minimum Gasteiger partial charge on any atom is -0.367 e. The van der Waals surface area contributed by atoms with E-state index in [0.29, 0.717) is 32.9 Å². The number of fused-ring (bicyclic) bond motifs is 1. The third-order valence-electron chi connectivity index (χ3n) is 5.96. The fourth-order valence-electron chi connectivity index (χ4n) is 4.14. The number of rotatable bonds is 4. The molecule has 1 N–H and O–H groups in total. The van der Waals surface area contributed by atoms with Gasteiger partial charge in [0.05, 0.1) is 21.8 Å². The predicted octanol–water partition coefficient (Wildman–Crippen LogP) is 3.90. The first kappa shape index (κ1) is 21.5. The number of amides is 2. The number of thioether (sulfide) groups is 1. The molecule has 33 heavy (non-hydrogen) atoms. The SMILES string of the molecule is CCN1CCN(c2ccc(-c3cncc4ccc(/C=C5\SC(=O)NC5=O)nc34)cc2F)CC1. The number of nitrogens with one attached hydrogen (secondary N) is 1. The molecular formula is C24H22FN5O2S. The summed E-state index contributed by atoms with van der Waals surface area (Å²) in [5, 5.41) is 2.64. The molecule has 2 fully saturated rings. The fourth-order valence-corrected chi connectivity index (χ4v) is 4.81. The van der Waals surface area contributed by atoms with Crippen molar-refractivity contribution >= 4 is 45.6 Å². The molecule has 5 rings (SSSR count). The summed E-state index contributed by atoms with van der Waals surface area (Å²) in [6, 6.07) is 8.86. The summed E-state index contributed by atoms with van der Waals surface area (Å²) in [6.45, 7) is 6.60. The monoisotopic (exact) mass is 463 g/mol. The van der Waals surface area contributed by atoms with Gasteiger partial charge in [0.25, 0.3) is 11.1 Å². The number of hydrogen-bond donors (Lipinski definition) is 1. The largest absolute Gasteiger partial charge is 0.367 e. The molecule has 0 spiro atoms. The van der Waals surface area contributed by atoms with Gasteiger partial charge < -0.3 is 9.80 Å². The predicted molar refractivity (Wildman–Crippen MR) is 128 cm³/mol. The van der Waals surface area contributed by atoms with Crippen molar-refractivity contribution in [2.24, 2.45) is 0 Å². The number of hydrogen-bond acceptors (Lipinski definition) is 7. The van der Waals surface area contributed by atoms with Gasteiger partial charge in [-0.1, -0.05) is 13.0 Å². The van der Waals surface area contributed by atoms with Crippen molar-refractivity contribution in [2.45, 2.75) is 6.92 Å². The number of likely N-dealkylation sites (N-methyl/N-ethyl adjacent to an activating group) is 1. The van der Waals surface area contributed by atoms with Crippen LogP contribution in [0.3, 0.4) is 0 Å². The number of halogens is 1. The zero-order valence-corrected chi connectivity index (χ0v) is 18.9. The number of pyridine rings is 2. The average Bonchev–Trinajstić information content (AvgIpc) is 3.15. The van der Waals surface area contributed by atoms with Crippen LogP contribution >= 0.6 is 11.8 Å². The lowest BCUT2D eigenvalue weighted by Crippen LogP contribution is -2.46. The normalized spacial score (nSPS) is 18.4. The van der Waals surface area contributed by atoms with Crippen molar-refractivity contribution in [1.29, 1.82) is 0 Å². The van der Waals surface area contributed by atoms with E-state index in [1.54, 1.807) is 24.5 Å². The van der Waals surface area contributed by atoms with E-state index < -0.39 is 11.1 Å². The third-order valence-corrected chi connectivity index (χ3v) is 6.77. The van der Waals surface area contributed by atoms with E-state index in [0.717, 1.165) is 49.9 Å². The van der Waals surface area contributed by atoms with Crippen molar-refractivity contribution < 1.29 is 14.0 Å². The van der Waals surface area contributed by atoms with Crippen molar-refractivity contribution in [2.75, 3.05) is 37.6 Å². The molecule has 4 heterocycles. The Morgan fingerprint density at radius 3 is 2.64 bits per heavy atom. The Hall–Kier alpha value is -3.30. The van der Waals surface area contributed by atoms with Gasteiger partial charge >= 0.3 is 0 Å². The van der Waals surface area contributed by atoms with Gasteiger partial charge in [-0.2, -0.15) is 0 Å². The van der Waals surface area contributed by atoms with Crippen LogP contribution in [0.1, 0.15) is 12.6 Å². The van der Waals surface area contributed by atoms with Gasteiger partial charge in [0.2, 0.25) is 0 Å². The second kappa shape index (κ2) is 8.92.